The van der Waals surface area contributed by atoms with Gasteiger partial charge in [-0.05, 0) is 74.0 Å². The fourth-order valence-corrected chi connectivity index (χ4v) is 6.24. The molecule has 0 bridgehead atoms. The van der Waals surface area contributed by atoms with E-state index in [4.69, 9.17) is 0 Å². The van der Waals surface area contributed by atoms with Crippen LogP contribution in [0.1, 0.15) is 159 Å². The Kier molecular flexibility index (Phi) is 39.6. The van der Waals surface area contributed by atoms with Crippen molar-refractivity contribution in [2.45, 2.75) is 159 Å². The topological polar surface area (TPSA) is 217 Å². The van der Waals surface area contributed by atoms with Crippen LogP contribution in [0.5, 0.6) is 0 Å². The second-order valence-electron chi connectivity index (χ2n) is 12.1. The summed E-state index contributed by atoms with van der Waals surface area (Å²) in [5, 5.41) is 0. The van der Waals surface area contributed by atoms with E-state index in [1.807, 2.05) is 41.5 Å². The molecule has 2 radical (unpaired) electrons. The molecule has 0 aromatic carbocycles. The normalized spacial score (nSPS) is 12.6. The third-order valence-electron chi connectivity index (χ3n) is 9.27. The Balaban J connectivity index is -0.000000184. The summed E-state index contributed by atoms with van der Waals surface area (Å²) in [5.74, 6) is 0. The minimum atomic E-state index is -4.82. The van der Waals surface area contributed by atoms with Crippen molar-refractivity contribution in [2.24, 2.45) is 16.2 Å². The van der Waals surface area contributed by atoms with Gasteiger partial charge in [-0.25, -0.2) is 0 Å². The SMILES string of the molecule is CCCCC(CC)(CC)COP(=O)([O-])[O-].CCCCC(CC)(CC)COP(=O)([O-])[O-].CCCCC(CC)(CC)COP(=O)([O-])[O-].[Nd+3].[Nd+3]. The smallest absolute Gasteiger partial charge is 0.790 e. The van der Waals surface area contributed by atoms with Gasteiger partial charge in [0.15, 0.2) is 0 Å². The molecule has 0 aliphatic heterocycles. The summed E-state index contributed by atoms with van der Waals surface area (Å²) in [6, 6.07) is 0. The standard InChI is InChI=1S/3C10H23O4P.2Nd/c3*1-4-7-8-10(5-2,6-3)9-14-15(11,12)13;;/h3*4-9H2,1-3H3,(H2,11,12,13);;/q;;;2*+3/p-6. The number of hydrogen-bond acceptors (Lipinski definition) is 12. The third kappa shape index (κ3) is 33.3. The molecule has 0 fully saturated rings. The molecule has 0 aromatic heterocycles. The summed E-state index contributed by atoms with van der Waals surface area (Å²) in [6.07, 6.45) is 14.1. The molecule has 12 nitrogen and oxygen atoms in total. The van der Waals surface area contributed by atoms with E-state index in [0.29, 0.717) is 0 Å². The first kappa shape index (κ1) is 59.3. The van der Waals surface area contributed by atoms with Crippen LogP contribution in [-0.4, -0.2) is 19.8 Å². The van der Waals surface area contributed by atoms with Crippen LogP contribution in [0.25, 0.3) is 0 Å². The molecule has 0 aliphatic carbocycles. The van der Waals surface area contributed by atoms with Crippen LogP contribution >= 0.6 is 23.5 Å². The van der Waals surface area contributed by atoms with Crippen molar-refractivity contribution >= 4 is 23.5 Å². The first-order valence-corrected chi connectivity index (χ1v) is 21.0. The van der Waals surface area contributed by atoms with Gasteiger partial charge in [-0.15, -0.1) is 0 Å². The van der Waals surface area contributed by atoms with E-state index in [-0.39, 0.29) is 118 Å². The Morgan fingerprint density at radius 3 is 0.681 bits per heavy atom. The maximum absolute atomic E-state index is 10.4. The van der Waals surface area contributed by atoms with E-state index in [1.165, 1.54) is 0 Å². The zero-order valence-electron chi connectivity index (χ0n) is 30.5. The van der Waals surface area contributed by atoms with Crippen LogP contribution in [0.15, 0.2) is 0 Å². The summed E-state index contributed by atoms with van der Waals surface area (Å²) in [7, 11) is -14.5. The first-order valence-electron chi connectivity index (χ1n) is 16.7. The average molecular weight is 997 g/mol. The number of unbranched alkanes of at least 4 members (excludes halogenated alkanes) is 3. The van der Waals surface area contributed by atoms with Crippen molar-refractivity contribution in [3.8, 4) is 0 Å². The molecule has 0 unspecified atom stereocenters. The van der Waals surface area contributed by atoms with Crippen molar-refractivity contribution in [3.63, 3.8) is 0 Å². The molecular weight excluding hydrogens is 934 g/mol. The van der Waals surface area contributed by atoms with Gasteiger partial charge in [0.2, 0.25) is 0 Å². The van der Waals surface area contributed by atoms with Crippen molar-refractivity contribution in [2.75, 3.05) is 19.8 Å². The van der Waals surface area contributed by atoms with Gasteiger partial charge in [0.1, 0.15) is 0 Å². The summed E-state index contributed by atoms with van der Waals surface area (Å²) in [5.41, 5.74) is -0.457. The first-order chi connectivity index (χ1) is 20.7. The number of hydrogen-bond donors (Lipinski definition) is 0. The van der Waals surface area contributed by atoms with Crippen LogP contribution in [0, 0.1) is 97.9 Å². The maximum atomic E-state index is 10.4. The van der Waals surface area contributed by atoms with Crippen molar-refractivity contribution in [1.82, 2.24) is 0 Å². The predicted octanol–water partition coefficient (Wildman–Crippen LogP) is 5.48. The van der Waals surface area contributed by atoms with E-state index in [1.54, 1.807) is 0 Å². The minimum absolute atomic E-state index is 0. The Hall–Kier alpha value is 3.03. The van der Waals surface area contributed by atoms with E-state index in [2.05, 4.69) is 34.3 Å². The molecule has 17 heteroatoms. The van der Waals surface area contributed by atoms with Crippen molar-refractivity contribution < 1.29 is 138 Å². The molecular formula is C30H63Nd2O12P3. The molecule has 0 saturated carbocycles. The molecule has 0 aliphatic rings. The minimum Gasteiger partial charge on any atom is -0.790 e. The molecule has 47 heavy (non-hydrogen) atoms. The van der Waals surface area contributed by atoms with Gasteiger partial charge in [-0.1, -0.05) is 101 Å². The largest absolute Gasteiger partial charge is 3.00 e. The number of phosphoric ester groups is 3. The molecule has 0 N–H and O–H groups in total. The third-order valence-corrected chi connectivity index (χ3v) is 10.6. The Labute approximate surface area is 352 Å². The van der Waals surface area contributed by atoms with Gasteiger partial charge in [0.05, 0.1) is 43.3 Å². The zero-order valence-corrected chi connectivity index (χ0v) is 39.6. The van der Waals surface area contributed by atoms with Gasteiger partial charge in [0.25, 0.3) is 0 Å². The van der Waals surface area contributed by atoms with Crippen LogP contribution < -0.4 is 29.4 Å². The van der Waals surface area contributed by atoms with Gasteiger partial charge in [-0.3, -0.25) is 0 Å². The van der Waals surface area contributed by atoms with Crippen LogP contribution in [0.2, 0.25) is 0 Å². The summed E-state index contributed by atoms with van der Waals surface area (Å²) in [4.78, 5) is 62.6. The average Bonchev–Trinajstić information content (AvgIpc) is 2.98. The summed E-state index contributed by atoms with van der Waals surface area (Å²) < 4.78 is 44.6. The summed E-state index contributed by atoms with van der Waals surface area (Å²) in [6.45, 7) is 18.4. The van der Waals surface area contributed by atoms with Crippen molar-refractivity contribution in [1.29, 1.82) is 0 Å². The number of phosphoric acid groups is 3. The van der Waals surface area contributed by atoms with E-state index in [0.717, 1.165) is 96.3 Å². The maximum Gasteiger partial charge on any atom is 3.00 e. The second kappa shape index (κ2) is 31.4. The molecule has 278 valence electrons. The Morgan fingerprint density at radius 1 is 0.404 bits per heavy atom. The number of rotatable bonds is 24. The fraction of sp³-hybridized carbons (Fsp3) is 1.00. The predicted molar refractivity (Wildman–Crippen MR) is 168 cm³/mol. The van der Waals surface area contributed by atoms with E-state index < -0.39 is 23.5 Å². The Bertz CT molecular complexity index is 744. The molecule has 0 rings (SSSR count). The van der Waals surface area contributed by atoms with E-state index >= 15 is 0 Å². The second-order valence-corrected chi connectivity index (χ2v) is 15.6. The zero-order chi connectivity index (χ0) is 35.8. The fourth-order valence-electron chi connectivity index (χ4n) is 4.94. The van der Waals surface area contributed by atoms with Crippen LogP contribution in [0.4, 0.5) is 0 Å². The van der Waals surface area contributed by atoms with Gasteiger partial charge in [0, 0.05) is 0 Å². The van der Waals surface area contributed by atoms with Gasteiger partial charge < -0.3 is 56.6 Å². The quantitative estimate of drug-likeness (QED) is 0.110. The molecule has 0 atom stereocenters. The van der Waals surface area contributed by atoms with Gasteiger partial charge >= 0.3 is 81.7 Å². The molecule has 0 spiro atoms. The van der Waals surface area contributed by atoms with Gasteiger partial charge in [-0.2, -0.15) is 0 Å². The molecule has 0 saturated heterocycles. The monoisotopic (exact) mass is 992 g/mol. The van der Waals surface area contributed by atoms with Crippen molar-refractivity contribution in [3.05, 3.63) is 0 Å². The summed E-state index contributed by atoms with van der Waals surface area (Å²) >= 11 is 0. The molecule has 0 heterocycles. The molecule has 0 amide bonds. The molecule has 0 aromatic rings. The van der Waals surface area contributed by atoms with E-state index in [9.17, 15) is 43.1 Å². The Morgan fingerprint density at radius 2 is 0.574 bits per heavy atom. The van der Waals surface area contributed by atoms with Crippen LogP contribution in [-0.2, 0) is 27.3 Å². The van der Waals surface area contributed by atoms with Crippen LogP contribution in [0.3, 0.4) is 0 Å².